The van der Waals surface area contributed by atoms with Crippen molar-refractivity contribution in [1.29, 1.82) is 0 Å². The topological polar surface area (TPSA) is 98.2 Å². The number of H-pyrrole nitrogens is 1. The van der Waals surface area contributed by atoms with Crippen molar-refractivity contribution in [1.82, 2.24) is 9.78 Å². The minimum absolute atomic E-state index is 0.0994. The molecule has 3 rings (SSSR count). The Morgan fingerprint density at radius 1 is 1.09 bits per heavy atom. The van der Waals surface area contributed by atoms with Gasteiger partial charge in [-0.05, 0) is 49.2 Å². The molecule has 0 fully saturated rings. The highest BCUT2D eigenvalue weighted by molar-refractivity contribution is 7.90. The first-order chi connectivity index (χ1) is 14.8. The van der Waals surface area contributed by atoms with E-state index in [9.17, 15) is 31.2 Å². The Morgan fingerprint density at radius 2 is 1.72 bits per heavy atom. The van der Waals surface area contributed by atoms with Crippen LogP contribution >= 0.6 is 0 Å². The number of halogens is 3. The van der Waals surface area contributed by atoms with E-state index in [1.54, 1.807) is 6.92 Å². The standard InChI is InChI=1S/C21H19F3N2O5S/c1-4-26-20(28)16(11-25-26)19(27)15-9-10-17(32(3,29)30)18(12(15)2)13-5-7-14(8-6-13)31-21(22,23)24/h5-11,25H,4H2,1-3H3. The van der Waals surface area contributed by atoms with Gasteiger partial charge in [0.05, 0.1) is 4.90 Å². The molecule has 0 amide bonds. The molecule has 0 aliphatic heterocycles. The van der Waals surface area contributed by atoms with Crippen LogP contribution in [0.4, 0.5) is 13.2 Å². The number of nitrogens with zero attached hydrogens (tertiary/aromatic N) is 1. The molecule has 7 nitrogen and oxygen atoms in total. The highest BCUT2D eigenvalue weighted by Crippen LogP contribution is 2.35. The van der Waals surface area contributed by atoms with Gasteiger partial charge in [0.2, 0.25) is 0 Å². The van der Waals surface area contributed by atoms with Crippen molar-refractivity contribution in [3.05, 3.63) is 69.6 Å². The highest BCUT2D eigenvalue weighted by atomic mass is 32.2. The molecular formula is C21H19F3N2O5S. The third-order valence-electron chi connectivity index (χ3n) is 4.85. The summed E-state index contributed by atoms with van der Waals surface area (Å²) in [4.78, 5) is 25.3. The maximum atomic E-state index is 13.0. The van der Waals surface area contributed by atoms with E-state index in [0.717, 1.165) is 18.4 Å². The summed E-state index contributed by atoms with van der Waals surface area (Å²) in [6, 6.07) is 7.21. The molecule has 1 N–H and O–H groups in total. The van der Waals surface area contributed by atoms with Crippen LogP contribution in [0.3, 0.4) is 0 Å². The number of nitrogens with one attached hydrogen (secondary N) is 1. The average molecular weight is 468 g/mol. The van der Waals surface area contributed by atoms with Crippen LogP contribution in [0, 0.1) is 6.92 Å². The Hall–Kier alpha value is -3.34. The Morgan fingerprint density at radius 3 is 2.22 bits per heavy atom. The van der Waals surface area contributed by atoms with E-state index in [2.05, 4.69) is 9.84 Å². The second-order valence-corrected chi connectivity index (χ2v) is 9.01. The van der Waals surface area contributed by atoms with Gasteiger partial charge in [0, 0.05) is 30.1 Å². The first-order valence-electron chi connectivity index (χ1n) is 9.36. The zero-order valence-corrected chi connectivity index (χ0v) is 18.1. The van der Waals surface area contributed by atoms with E-state index < -0.39 is 33.3 Å². The van der Waals surface area contributed by atoms with Crippen LogP contribution in [0.1, 0.15) is 28.4 Å². The van der Waals surface area contributed by atoms with Crippen molar-refractivity contribution in [2.45, 2.75) is 31.7 Å². The first-order valence-corrected chi connectivity index (χ1v) is 11.3. The lowest BCUT2D eigenvalue weighted by Crippen LogP contribution is -2.21. The fourth-order valence-corrected chi connectivity index (χ4v) is 4.33. The molecule has 0 radical (unpaired) electrons. The Kier molecular flexibility index (Phi) is 6.05. The van der Waals surface area contributed by atoms with E-state index >= 15 is 0 Å². The van der Waals surface area contributed by atoms with Crippen molar-refractivity contribution in [2.75, 3.05) is 6.26 Å². The number of ether oxygens (including phenoxy) is 1. The smallest absolute Gasteiger partial charge is 0.406 e. The second kappa shape index (κ2) is 8.30. The van der Waals surface area contributed by atoms with Gasteiger partial charge < -0.3 is 9.84 Å². The monoisotopic (exact) mass is 468 g/mol. The molecule has 32 heavy (non-hydrogen) atoms. The quantitative estimate of drug-likeness (QED) is 0.557. The molecule has 0 aliphatic rings. The number of benzene rings is 2. The number of aromatic nitrogens is 2. The van der Waals surface area contributed by atoms with Gasteiger partial charge in [-0.3, -0.25) is 14.3 Å². The summed E-state index contributed by atoms with van der Waals surface area (Å²) in [5.74, 6) is -1.08. The van der Waals surface area contributed by atoms with Crippen molar-refractivity contribution >= 4 is 15.6 Å². The van der Waals surface area contributed by atoms with Gasteiger partial charge in [-0.1, -0.05) is 12.1 Å². The zero-order chi connectivity index (χ0) is 23.8. The predicted octanol–water partition coefficient (Wildman–Crippen LogP) is 3.70. The molecule has 1 heterocycles. The maximum absolute atomic E-state index is 13.0. The SMILES string of the molecule is CCn1[nH]cc(C(=O)c2ccc(S(C)(=O)=O)c(-c3ccc(OC(F)(F)F)cc3)c2C)c1=O. The fourth-order valence-electron chi connectivity index (χ4n) is 3.37. The number of hydrogen-bond donors (Lipinski definition) is 1. The molecule has 0 unspecified atom stereocenters. The van der Waals surface area contributed by atoms with E-state index in [1.165, 1.54) is 42.1 Å². The molecule has 0 spiro atoms. The van der Waals surface area contributed by atoms with E-state index in [1.807, 2.05) is 0 Å². The van der Waals surface area contributed by atoms with Crippen LogP contribution in [-0.4, -0.2) is 36.6 Å². The molecule has 3 aromatic rings. The molecule has 170 valence electrons. The summed E-state index contributed by atoms with van der Waals surface area (Å²) in [5, 5.41) is 2.68. The van der Waals surface area contributed by atoms with Crippen LogP contribution in [0.25, 0.3) is 11.1 Å². The number of aromatic amines is 1. The lowest BCUT2D eigenvalue weighted by atomic mass is 9.93. The first kappa shape index (κ1) is 23.3. The van der Waals surface area contributed by atoms with Crippen molar-refractivity contribution in [2.24, 2.45) is 0 Å². The number of carbonyl (C=O) groups is 1. The third-order valence-corrected chi connectivity index (χ3v) is 5.99. The number of carbonyl (C=O) groups excluding carboxylic acids is 1. The lowest BCUT2D eigenvalue weighted by Gasteiger charge is -2.16. The number of aryl methyl sites for hydroxylation is 1. The number of rotatable bonds is 6. The second-order valence-electron chi connectivity index (χ2n) is 7.02. The molecule has 0 atom stereocenters. The number of alkyl halides is 3. The highest BCUT2D eigenvalue weighted by Gasteiger charge is 2.31. The average Bonchev–Trinajstić information content (AvgIpc) is 3.06. The number of hydrogen-bond acceptors (Lipinski definition) is 5. The lowest BCUT2D eigenvalue weighted by molar-refractivity contribution is -0.274. The zero-order valence-electron chi connectivity index (χ0n) is 17.3. The Balaban J connectivity index is 2.17. The minimum Gasteiger partial charge on any atom is -0.406 e. The molecule has 0 bridgehead atoms. The van der Waals surface area contributed by atoms with Crippen molar-refractivity contribution in [3.63, 3.8) is 0 Å². The van der Waals surface area contributed by atoms with Crippen LogP contribution in [0.15, 0.2) is 52.3 Å². The summed E-state index contributed by atoms with van der Waals surface area (Å²) in [6.07, 6.45) is -2.61. The van der Waals surface area contributed by atoms with Gasteiger partial charge in [0.25, 0.3) is 5.56 Å². The van der Waals surface area contributed by atoms with Gasteiger partial charge in [0.15, 0.2) is 15.6 Å². The Bertz CT molecular complexity index is 1340. The van der Waals surface area contributed by atoms with Crippen molar-refractivity contribution < 1.29 is 31.1 Å². The van der Waals surface area contributed by atoms with Gasteiger partial charge in [0.1, 0.15) is 11.3 Å². The van der Waals surface area contributed by atoms with Crippen LogP contribution in [0.5, 0.6) is 5.75 Å². The number of sulfone groups is 1. The maximum Gasteiger partial charge on any atom is 0.573 e. The van der Waals surface area contributed by atoms with Crippen LogP contribution in [-0.2, 0) is 16.4 Å². The Labute approximate surface area is 181 Å². The molecule has 0 saturated heterocycles. The summed E-state index contributed by atoms with van der Waals surface area (Å²) < 4.78 is 67.2. The van der Waals surface area contributed by atoms with Gasteiger partial charge in [-0.2, -0.15) is 0 Å². The van der Waals surface area contributed by atoms with Crippen molar-refractivity contribution in [3.8, 4) is 16.9 Å². The molecule has 0 aliphatic carbocycles. The molecule has 2 aromatic carbocycles. The molecule has 11 heteroatoms. The normalized spacial score (nSPS) is 12.1. The number of ketones is 1. The summed E-state index contributed by atoms with van der Waals surface area (Å²) >= 11 is 0. The van der Waals surface area contributed by atoms with Gasteiger partial charge in [-0.25, -0.2) is 8.42 Å². The minimum atomic E-state index is -4.87. The largest absolute Gasteiger partial charge is 0.573 e. The van der Waals surface area contributed by atoms with E-state index in [0.29, 0.717) is 6.54 Å². The molecule has 1 aromatic heterocycles. The molecular weight excluding hydrogens is 449 g/mol. The van der Waals surface area contributed by atoms with Crippen LogP contribution < -0.4 is 10.3 Å². The van der Waals surface area contributed by atoms with Crippen LogP contribution in [0.2, 0.25) is 0 Å². The third kappa shape index (κ3) is 4.62. The van der Waals surface area contributed by atoms with Gasteiger partial charge in [-0.15, -0.1) is 13.2 Å². The fraction of sp³-hybridized carbons (Fsp3) is 0.238. The van der Waals surface area contributed by atoms with E-state index in [4.69, 9.17) is 0 Å². The predicted molar refractivity (Wildman–Crippen MR) is 111 cm³/mol. The molecule has 0 saturated carbocycles. The summed E-state index contributed by atoms with van der Waals surface area (Å²) in [6.45, 7) is 3.57. The van der Waals surface area contributed by atoms with Gasteiger partial charge >= 0.3 is 6.36 Å². The summed E-state index contributed by atoms with van der Waals surface area (Å²) in [5.41, 5.74) is 0.171. The van der Waals surface area contributed by atoms with E-state index in [-0.39, 0.29) is 32.7 Å². The summed E-state index contributed by atoms with van der Waals surface area (Å²) in [7, 11) is -3.75.